The third-order valence-corrected chi connectivity index (χ3v) is 5.60. The second kappa shape index (κ2) is 5.84. The largest absolute Gasteiger partial charge is 0.378 e. The van der Waals surface area contributed by atoms with Gasteiger partial charge in [0, 0.05) is 36.4 Å². The molecule has 0 bridgehead atoms. The summed E-state index contributed by atoms with van der Waals surface area (Å²) in [5.41, 5.74) is 7.54. The van der Waals surface area contributed by atoms with Gasteiger partial charge in [0.2, 0.25) is 0 Å². The molecule has 24 heavy (non-hydrogen) atoms. The molecule has 0 fully saturated rings. The zero-order chi connectivity index (χ0) is 16.7. The fourth-order valence-corrected chi connectivity index (χ4v) is 4.09. The first-order valence-electron chi connectivity index (χ1n) is 8.07. The topological polar surface area (TPSA) is 19.0 Å². The fourth-order valence-electron chi connectivity index (χ4n) is 2.93. The number of H-pyrrole nitrogens is 1. The van der Waals surface area contributed by atoms with E-state index in [1.807, 2.05) is 11.3 Å². The van der Waals surface area contributed by atoms with Gasteiger partial charge >= 0.3 is 0 Å². The van der Waals surface area contributed by atoms with Crippen LogP contribution in [0, 0.1) is 6.92 Å². The lowest BCUT2D eigenvalue weighted by Gasteiger charge is -2.12. The zero-order valence-corrected chi connectivity index (χ0v) is 14.9. The molecule has 120 valence electrons. The molecule has 0 aliphatic carbocycles. The van der Waals surface area contributed by atoms with Crippen LogP contribution in [-0.2, 0) is 0 Å². The van der Waals surface area contributed by atoms with Crippen LogP contribution in [0.2, 0.25) is 0 Å². The normalized spacial score (nSPS) is 11.1. The summed E-state index contributed by atoms with van der Waals surface area (Å²) in [6.07, 6.45) is 2.12. The summed E-state index contributed by atoms with van der Waals surface area (Å²) in [5.74, 6) is 0. The highest BCUT2D eigenvalue weighted by Gasteiger charge is 2.11. The molecule has 4 rings (SSSR count). The smallest absolute Gasteiger partial charge is 0.0604 e. The van der Waals surface area contributed by atoms with Gasteiger partial charge in [0.05, 0.1) is 10.2 Å². The van der Waals surface area contributed by atoms with E-state index in [2.05, 4.69) is 91.7 Å². The minimum absolute atomic E-state index is 1.21. The second-order valence-corrected chi connectivity index (χ2v) is 7.42. The number of aromatic amines is 1. The van der Waals surface area contributed by atoms with Crippen molar-refractivity contribution in [3.63, 3.8) is 0 Å². The van der Waals surface area contributed by atoms with Crippen molar-refractivity contribution >= 4 is 27.2 Å². The molecular weight excluding hydrogens is 312 g/mol. The molecule has 2 heterocycles. The minimum atomic E-state index is 1.21. The van der Waals surface area contributed by atoms with Crippen LogP contribution in [0.1, 0.15) is 5.56 Å². The van der Waals surface area contributed by atoms with Crippen LogP contribution in [-0.4, -0.2) is 19.1 Å². The lowest BCUT2D eigenvalue weighted by molar-refractivity contribution is 1.13. The number of anilines is 1. The molecule has 2 aromatic heterocycles. The summed E-state index contributed by atoms with van der Waals surface area (Å²) in [6.45, 7) is 2.12. The summed E-state index contributed by atoms with van der Waals surface area (Å²) >= 11 is 1.85. The molecule has 0 spiro atoms. The fraction of sp³-hybridized carbons (Fsp3) is 0.143. The number of hydrogen-bond acceptors (Lipinski definition) is 2. The molecule has 0 aliphatic heterocycles. The predicted molar refractivity (Wildman–Crippen MR) is 106 cm³/mol. The van der Waals surface area contributed by atoms with Gasteiger partial charge in [0.15, 0.2) is 0 Å². The second-order valence-electron chi connectivity index (χ2n) is 6.36. The maximum Gasteiger partial charge on any atom is 0.0604 e. The molecule has 0 radical (unpaired) electrons. The van der Waals surface area contributed by atoms with Crippen molar-refractivity contribution in [2.24, 2.45) is 0 Å². The van der Waals surface area contributed by atoms with Crippen LogP contribution in [0.3, 0.4) is 0 Å². The molecular formula is C21H20N2S. The van der Waals surface area contributed by atoms with Crippen molar-refractivity contribution in [3.8, 4) is 21.6 Å². The Hall–Kier alpha value is -2.52. The van der Waals surface area contributed by atoms with Crippen molar-refractivity contribution in [1.29, 1.82) is 0 Å². The number of aryl methyl sites for hydroxylation is 1. The first-order valence-corrected chi connectivity index (χ1v) is 8.89. The monoisotopic (exact) mass is 332 g/mol. The molecule has 2 aromatic carbocycles. The van der Waals surface area contributed by atoms with Gasteiger partial charge in [-0.25, -0.2) is 0 Å². The van der Waals surface area contributed by atoms with Gasteiger partial charge in [-0.2, -0.15) is 0 Å². The molecule has 1 N–H and O–H groups in total. The maximum absolute atomic E-state index is 3.42. The average molecular weight is 332 g/mol. The molecule has 0 atom stereocenters. The van der Waals surface area contributed by atoms with Crippen LogP contribution in [0.5, 0.6) is 0 Å². The molecule has 4 aromatic rings. The number of aromatic nitrogens is 1. The third kappa shape index (κ3) is 2.61. The molecule has 0 saturated heterocycles. The number of fused-ring (bicyclic) bond motifs is 1. The van der Waals surface area contributed by atoms with Gasteiger partial charge in [0.25, 0.3) is 0 Å². The zero-order valence-electron chi connectivity index (χ0n) is 14.1. The standard InChI is InChI=1S/C21H20N2S/c1-14-4-6-15(7-5-14)18-13-22-19-12-20(24-21(18)19)16-8-10-17(11-9-16)23(2)3/h4-13,22H,1-3H3. The lowest BCUT2D eigenvalue weighted by Crippen LogP contribution is -2.07. The Bertz CT molecular complexity index is 973. The van der Waals surface area contributed by atoms with Crippen LogP contribution in [0.15, 0.2) is 60.8 Å². The number of benzene rings is 2. The highest BCUT2D eigenvalue weighted by molar-refractivity contribution is 7.22. The molecule has 0 aliphatic rings. The first kappa shape index (κ1) is 15.0. The quantitative estimate of drug-likeness (QED) is 0.492. The van der Waals surface area contributed by atoms with Crippen LogP contribution in [0.25, 0.3) is 31.8 Å². The maximum atomic E-state index is 3.42. The van der Waals surface area contributed by atoms with Crippen molar-refractivity contribution in [1.82, 2.24) is 4.98 Å². The number of thiophene rings is 1. The Balaban J connectivity index is 1.75. The van der Waals surface area contributed by atoms with E-state index in [0.29, 0.717) is 0 Å². The van der Waals surface area contributed by atoms with Crippen LogP contribution < -0.4 is 4.90 Å². The highest BCUT2D eigenvalue weighted by Crippen LogP contribution is 2.39. The molecule has 0 saturated carbocycles. The predicted octanol–water partition coefficient (Wildman–Crippen LogP) is 5.94. The number of nitrogens with zero attached hydrogens (tertiary/aromatic N) is 1. The Labute approximate surface area is 146 Å². The van der Waals surface area contributed by atoms with Crippen molar-refractivity contribution in [2.45, 2.75) is 6.92 Å². The molecule has 0 amide bonds. The van der Waals surface area contributed by atoms with Gasteiger partial charge in [-0.05, 0) is 36.2 Å². The van der Waals surface area contributed by atoms with E-state index in [1.165, 1.54) is 43.0 Å². The van der Waals surface area contributed by atoms with Gasteiger partial charge < -0.3 is 9.88 Å². The number of hydrogen-bond donors (Lipinski definition) is 1. The summed E-state index contributed by atoms with van der Waals surface area (Å²) < 4.78 is 1.32. The van der Waals surface area contributed by atoms with E-state index >= 15 is 0 Å². The number of rotatable bonds is 3. The Morgan fingerprint density at radius 1 is 0.875 bits per heavy atom. The Morgan fingerprint density at radius 2 is 1.54 bits per heavy atom. The van der Waals surface area contributed by atoms with Crippen molar-refractivity contribution < 1.29 is 0 Å². The Kier molecular flexibility index (Phi) is 3.66. The van der Waals surface area contributed by atoms with Crippen molar-refractivity contribution in [2.75, 3.05) is 19.0 Å². The number of nitrogens with one attached hydrogen (secondary N) is 1. The van der Waals surface area contributed by atoms with Crippen LogP contribution in [0.4, 0.5) is 5.69 Å². The van der Waals surface area contributed by atoms with E-state index in [-0.39, 0.29) is 0 Å². The van der Waals surface area contributed by atoms with Gasteiger partial charge in [-0.1, -0.05) is 42.0 Å². The van der Waals surface area contributed by atoms with Gasteiger partial charge in [0.1, 0.15) is 0 Å². The lowest BCUT2D eigenvalue weighted by atomic mass is 10.1. The van der Waals surface area contributed by atoms with E-state index in [1.54, 1.807) is 0 Å². The van der Waals surface area contributed by atoms with Gasteiger partial charge in [-0.15, -0.1) is 11.3 Å². The van der Waals surface area contributed by atoms with E-state index < -0.39 is 0 Å². The van der Waals surface area contributed by atoms with E-state index in [9.17, 15) is 0 Å². The summed E-state index contributed by atoms with van der Waals surface area (Å²) in [6, 6.07) is 19.7. The van der Waals surface area contributed by atoms with Crippen molar-refractivity contribution in [3.05, 3.63) is 66.4 Å². The third-order valence-electron chi connectivity index (χ3n) is 4.38. The summed E-state index contributed by atoms with van der Waals surface area (Å²) in [7, 11) is 4.13. The minimum Gasteiger partial charge on any atom is -0.378 e. The SMILES string of the molecule is Cc1ccc(-c2c[nH]c3cc(-c4ccc(N(C)C)cc4)sc23)cc1. The average Bonchev–Trinajstić information content (AvgIpc) is 3.16. The molecule has 0 unspecified atom stereocenters. The van der Waals surface area contributed by atoms with E-state index in [0.717, 1.165) is 0 Å². The Morgan fingerprint density at radius 3 is 2.21 bits per heavy atom. The van der Waals surface area contributed by atoms with E-state index in [4.69, 9.17) is 0 Å². The summed E-state index contributed by atoms with van der Waals surface area (Å²) in [5, 5.41) is 0. The highest BCUT2D eigenvalue weighted by atomic mass is 32.1. The first-order chi connectivity index (χ1) is 11.6. The van der Waals surface area contributed by atoms with Gasteiger partial charge in [-0.3, -0.25) is 0 Å². The molecule has 2 nitrogen and oxygen atoms in total. The summed E-state index contributed by atoms with van der Waals surface area (Å²) in [4.78, 5) is 6.85. The molecule has 3 heteroatoms. The van der Waals surface area contributed by atoms with Crippen LogP contribution >= 0.6 is 11.3 Å².